The summed E-state index contributed by atoms with van der Waals surface area (Å²) in [5.41, 5.74) is 5.08. The van der Waals surface area contributed by atoms with Gasteiger partial charge in [-0.05, 0) is 0 Å². The smallest absolute Gasteiger partial charge is 1.00 e. The SMILES string of the molecule is CCC1=C(CC)C(CC)=[C]([Zr+2])C1.[Cl-].[Cl-]. The van der Waals surface area contributed by atoms with Crippen LogP contribution in [0.25, 0.3) is 0 Å². The minimum atomic E-state index is 0. The zero-order valence-electron chi connectivity index (χ0n) is 9.08. The Morgan fingerprint density at radius 1 is 0.929 bits per heavy atom. The van der Waals surface area contributed by atoms with Crippen LogP contribution in [0.1, 0.15) is 46.5 Å². The molecule has 0 atom stereocenters. The molecular weight excluding hydrogens is 294 g/mol. The second-order valence-electron chi connectivity index (χ2n) is 3.28. The molecule has 0 spiro atoms. The van der Waals surface area contributed by atoms with E-state index in [2.05, 4.69) is 20.8 Å². The van der Waals surface area contributed by atoms with Crippen LogP contribution in [0.5, 0.6) is 0 Å². The predicted molar refractivity (Wildman–Crippen MR) is 49.5 cm³/mol. The summed E-state index contributed by atoms with van der Waals surface area (Å²) in [5.74, 6) is 0. The van der Waals surface area contributed by atoms with Gasteiger partial charge < -0.3 is 24.8 Å². The minimum Gasteiger partial charge on any atom is -1.00 e. The van der Waals surface area contributed by atoms with Crippen molar-refractivity contribution in [3.05, 3.63) is 20.0 Å². The Labute approximate surface area is 115 Å². The number of rotatable bonds is 3. The molecule has 14 heavy (non-hydrogen) atoms. The van der Waals surface area contributed by atoms with Crippen molar-refractivity contribution in [3.63, 3.8) is 0 Å². The van der Waals surface area contributed by atoms with Crippen molar-refractivity contribution < 1.29 is 49.5 Å². The summed E-state index contributed by atoms with van der Waals surface area (Å²) in [6.07, 6.45) is 5.03. The minimum absolute atomic E-state index is 0. The molecule has 0 radical (unpaired) electrons. The maximum Gasteiger partial charge on any atom is -1.00 e. The van der Waals surface area contributed by atoms with E-state index in [0.717, 1.165) is 0 Å². The molecule has 0 amide bonds. The van der Waals surface area contributed by atoms with Gasteiger partial charge in [0.15, 0.2) is 0 Å². The largest absolute Gasteiger partial charge is 1.00 e. The van der Waals surface area contributed by atoms with E-state index in [0.29, 0.717) is 0 Å². The molecular formula is C11H17Cl2Zr. The van der Waals surface area contributed by atoms with Gasteiger partial charge in [0, 0.05) is 0 Å². The Bertz CT molecular complexity index is 242. The van der Waals surface area contributed by atoms with E-state index in [1.165, 1.54) is 25.7 Å². The van der Waals surface area contributed by atoms with Gasteiger partial charge >= 0.3 is 91.2 Å². The molecule has 1 aliphatic rings. The summed E-state index contributed by atoms with van der Waals surface area (Å²) in [5, 5.41) is 0. The van der Waals surface area contributed by atoms with E-state index >= 15 is 0 Å². The van der Waals surface area contributed by atoms with Crippen molar-refractivity contribution in [1.82, 2.24) is 0 Å². The molecule has 0 aromatic heterocycles. The maximum atomic E-state index is 2.29. The first-order chi connectivity index (χ1) is 5.74. The molecule has 1 rings (SSSR count). The Hall–Kier alpha value is 0.943. The molecule has 0 fully saturated rings. The summed E-state index contributed by atoms with van der Waals surface area (Å²) >= 11 is 1.63. The molecule has 0 heterocycles. The van der Waals surface area contributed by atoms with E-state index in [9.17, 15) is 0 Å². The molecule has 0 bridgehead atoms. The average molecular weight is 311 g/mol. The van der Waals surface area contributed by atoms with Gasteiger partial charge in [0.2, 0.25) is 0 Å². The van der Waals surface area contributed by atoms with Gasteiger partial charge in [-0.25, -0.2) is 0 Å². The second kappa shape index (κ2) is 8.14. The van der Waals surface area contributed by atoms with Crippen LogP contribution in [0.3, 0.4) is 0 Å². The van der Waals surface area contributed by atoms with Crippen molar-refractivity contribution in [2.24, 2.45) is 0 Å². The number of hydrogen-bond acceptors (Lipinski definition) is 0. The van der Waals surface area contributed by atoms with E-state index in [-0.39, 0.29) is 24.8 Å². The molecule has 1 aliphatic carbocycles. The first kappa shape index (κ1) is 17.3. The van der Waals surface area contributed by atoms with E-state index < -0.39 is 0 Å². The Kier molecular flexibility index (Phi) is 10.1. The monoisotopic (exact) mass is 309 g/mol. The van der Waals surface area contributed by atoms with Crippen LogP contribution in [0.2, 0.25) is 0 Å². The van der Waals surface area contributed by atoms with Crippen LogP contribution >= 0.6 is 0 Å². The molecule has 0 aromatic rings. The maximum absolute atomic E-state index is 2.29. The second-order valence-corrected chi connectivity index (χ2v) is 4.76. The van der Waals surface area contributed by atoms with Gasteiger partial charge in [0.25, 0.3) is 0 Å². The van der Waals surface area contributed by atoms with Gasteiger partial charge in [-0.3, -0.25) is 0 Å². The van der Waals surface area contributed by atoms with Crippen LogP contribution in [0.4, 0.5) is 0 Å². The van der Waals surface area contributed by atoms with Crippen molar-refractivity contribution in [2.45, 2.75) is 46.5 Å². The topological polar surface area (TPSA) is 0 Å². The fourth-order valence-electron chi connectivity index (χ4n) is 2.05. The van der Waals surface area contributed by atoms with E-state index in [1.807, 2.05) is 0 Å². The normalized spacial score (nSPS) is 15.5. The molecule has 0 nitrogen and oxygen atoms in total. The molecule has 0 unspecified atom stereocenters. The van der Waals surface area contributed by atoms with Gasteiger partial charge in [-0.2, -0.15) is 0 Å². The van der Waals surface area contributed by atoms with Crippen molar-refractivity contribution >= 4 is 0 Å². The van der Waals surface area contributed by atoms with E-state index in [4.69, 9.17) is 0 Å². The Morgan fingerprint density at radius 3 is 1.79 bits per heavy atom. The first-order valence-corrected chi connectivity index (χ1v) is 6.12. The Balaban J connectivity index is 0. The molecule has 0 aliphatic heterocycles. The van der Waals surface area contributed by atoms with E-state index in [1.54, 1.807) is 44.7 Å². The van der Waals surface area contributed by atoms with Crippen LogP contribution in [-0.4, -0.2) is 0 Å². The first-order valence-electron chi connectivity index (χ1n) is 4.89. The van der Waals surface area contributed by atoms with Gasteiger partial charge in [-0.1, -0.05) is 0 Å². The molecule has 0 saturated heterocycles. The fraction of sp³-hybridized carbons (Fsp3) is 0.636. The summed E-state index contributed by atoms with van der Waals surface area (Å²) in [4.78, 5) is 0. The third-order valence-electron chi connectivity index (χ3n) is 2.68. The summed E-state index contributed by atoms with van der Waals surface area (Å²) in [7, 11) is 0. The number of allylic oxidation sites excluding steroid dienone is 4. The summed E-state index contributed by atoms with van der Waals surface area (Å²) < 4.78 is 1.71. The average Bonchev–Trinajstić information content (AvgIpc) is 2.40. The molecule has 0 aromatic carbocycles. The van der Waals surface area contributed by atoms with Crippen molar-refractivity contribution in [3.8, 4) is 0 Å². The van der Waals surface area contributed by atoms with Crippen molar-refractivity contribution in [2.75, 3.05) is 0 Å². The molecule has 3 heteroatoms. The summed E-state index contributed by atoms with van der Waals surface area (Å²) in [6, 6.07) is 0. The third-order valence-corrected chi connectivity index (χ3v) is 3.86. The van der Waals surface area contributed by atoms with Gasteiger partial charge in [-0.15, -0.1) is 0 Å². The van der Waals surface area contributed by atoms with Crippen LogP contribution in [0.15, 0.2) is 20.0 Å². The van der Waals surface area contributed by atoms with Crippen LogP contribution in [-0.2, 0) is 24.7 Å². The zero-order chi connectivity index (χ0) is 9.14. The van der Waals surface area contributed by atoms with Gasteiger partial charge in [0.1, 0.15) is 0 Å². The zero-order valence-corrected chi connectivity index (χ0v) is 13.1. The standard InChI is InChI=1S/C11H17.2ClH.Zr/c1-4-9-7-8-10(5-2)11(9)6-3;;;/h4-7H2,1-3H3;2*1H;/q;;;+2/p-2. The number of hydrogen-bond donors (Lipinski definition) is 0. The molecule has 79 valence electrons. The molecule has 0 saturated carbocycles. The quantitative estimate of drug-likeness (QED) is 0.551. The molecule has 0 N–H and O–H groups in total. The number of halogens is 2. The third kappa shape index (κ3) is 3.51. The fourth-order valence-corrected chi connectivity index (χ4v) is 3.38. The van der Waals surface area contributed by atoms with Gasteiger partial charge in [0.05, 0.1) is 0 Å². The summed E-state index contributed by atoms with van der Waals surface area (Å²) in [6.45, 7) is 6.86. The van der Waals surface area contributed by atoms with Crippen LogP contribution in [0, 0.1) is 0 Å². The predicted octanol–water partition coefficient (Wildman–Crippen LogP) is -2.27. The van der Waals surface area contributed by atoms with Crippen LogP contribution < -0.4 is 24.8 Å². The van der Waals surface area contributed by atoms with Crippen molar-refractivity contribution in [1.29, 1.82) is 0 Å². The Morgan fingerprint density at radius 2 is 1.43 bits per heavy atom.